The SMILES string of the molecule is CC(=O)c1c(C#N)cc(OC(F)F)cc1C(F)F. The molecule has 0 bridgehead atoms. The zero-order valence-electron chi connectivity index (χ0n) is 9.08. The van der Waals surface area contributed by atoms with Crippen LogP contribution in [0.3, 0.4) is 0 Å². The van der Waals surface area contributed by atoms with Crippen molar-refractivity contribution < 1.29 is 27.1 Å². The first-order valence-corrected chi connectivity index (χ1v) is 4.68. The number of ether oxygens (including phenoxy) is 1. The molecule has 0 atom stereocenters. The van der Waals surface area contributed by atoms with Gasteiger partial charge in [0.2, 0.25) is 0 Å². The lowest BCUT2D eigenvalue weighted by molar-refractivity contribution is -0.0500. The minimum absolute atomic E-state index is 0.420. The van der Waals surface area contributed by atoms with Crippen LogP contribution in [0.5, 0.6) is 5.75 Å². The molecule has 0 aliphatic rings. The van der Waals surface area contributed by atoms with Gasteiger partial charge < -0.3 is 4.74 Å². The van der Waals surface area contributed by atoms with Crippen LogP contribution in [0.4, 0.5) is 17.6 Å². The number of hydrogen-bond donors (Lipinski definition) is 0. The van der Waals surface area contributed by atoms with Crippen molar-refractivity contribution >= 4 is 5.78 Å². The van der Waals surface area contributed by atoms with Crippen LogP contribution >= 0.6 is 0 Å². The summed E-state index contributed by atoms with van der Waals surface area (Å²) < 4.78 is 53.4. The second kappa shape index (κ2) is 5.49. The lowest BCUT2D eigenvalue weighted by Crippen LogP contribution is -2.08. The molecule has 0 radical (unpaired) electrons. The van der Waals surface area contributed by atoms with Crippen molar-refractivity contribution in [2.24, 2.45) is 0 Å². The Hall–Kier alpha value is -2.10. The Labute approximate surface area is 99.6 Å². The number of carbonyl (C=O) groups excluding carboxylic acids is 1. The zero-order chi connectivity index (χ0) is 13.9. The number of halogens is 4. The number of hydrogen-bond acceptors (Lipinski definition) is 3. The van der Waals surface area contributed by atoms with Crippen LogP contribution in [0, 0.1) is 11.3 Å². The third-order valence-corrected chi connectivity index (χ3v) is 2.08. The van der Waals surface area contributed by atoms with E-state index in [1.807, 2.05) is 0 Å². The van der Waals surface area contributed by atoms with Crippen molar-refractivity contribution in [2.75, 3.05) is 0 Å². The van der Waals surface area contributed by atoms with Gasteiger partial charge in [-0.05, 0) is 19.1 Å². The van der Waals surface area contributed by atoms with Crippen molar-refractivity contribution in [1.29, 1.82) is 5.26 Å². The Balaban J connectivity index is 3.45. The lowest BCUT2D eigenvalue weighted by atomic mass is 9.98. The number of carbonyl (C=O) groups is 1. The fourth-order valence-electron chi connectivity index (χ4n) is 1.46. The van der Waals surface area contributed by atoms with Crippen LogP contribution in [0.2, 0.25) is 0 Å². The van der Waals surface area contributed by atoms with Gasteiger partial charge >= 0.3 is 6.61 Å². The Morgan fingerprint density at radius 1 is 1.33 bits per heavy atom. The molecule has 0 unspecified atom stereocenters. The fraction of sp³-hybridized carbons (Fsp3) is 0.273. The average molecular weight is 261 g/mol. The second-order valence-corrected chi connectivity index (χ2v) is 3.28. The highest BCUT2D eigenvalue weighted by molar-refractivity contribution is 5.98. The van der Waals surface area contributed by atoms with E-state index in [4.69, 9.17) is 5.26 Å². The van der Waals surface area contributed by atoms with E-state index in [9.17, 15) is 22.4 Å². The van der Waals surface area contributed by atoms with Gasteiger partial charge in [0.15, 0.2) is 5.78 Å². The summed E-state index contributed by atoms with van der Waals surface area (Å²) in [4.78, 5) is 11.2. The Kier molecular flexibility index (Phi) is 4.26. The standard InChI is InChI=1S/C11H7F4NO2/c1-5(17)9-6(4-16)2-7(18-11(14)15)3-8(9)10(12)13/h2-3,10-11H,1H3. The van der Waals surface area contributed by atoms with E-state index >= 15 is 0 Å². The molecule has 0 aliphatic heterocycles. The average Bonchev–Trinajstić information content (AvgIpc) is 2.26. The molecular formula is C11H7F4NO2. The number of nitriles is 1. The quantitative estimate of drug-likeness (QED) is 0.617. The first kappa shape index (κ1) is 14.0. The summed E-state index contributed by atoms with van der Waals surface area (Å²) in [6.07, 6.45) is -3.07. The van der Waals surface area contributed by atoms with Gasteiger partial charge in [-0.2, -0.15) is 14.0 Å². The maximum absolute atomic E-state index is 12.7. The van der Waals surface area contributed by atoms with Crippen LogP contribution in [0.1, 0.15) is 34.8 Å². The third kappa shape index (κ3) is 2.97. The van der Waals surface area contributed by atoms with E-state index in [-0.39, 0.29) is 0 Å². The molecule has 0 N–H and O–H groups in total. The molecule has 0 amide bonds. The monoisotopic (exact) mass is 261 g/mol. The predicted molar refractivity (Wildman–Crippen MR) is 52.8 cm³/mol. The first-order chi connectivity index (χ1) is 8.36. The van der Waals surface area contributed by atoms with Crippen molar-refractivity contribution in [2.45, 2.75) is 20.0 Å². The molecule has 18 heavy (non-hydrogen) atoms. The van der Waals surface area contributed by atoms with Crippen LogP contribution in [0.25, 0.3) is 0 Å². The summed E-state index contributed by atoms with van der Waals surface area (Å²) >= 11 is 0. The summed E-state index contributed by atoms with van der Waals surface area (Å²) in [5.41, 5.74) is -1.69. The summed E-state index contributed by atoms with van der Waals surface area (Å²) in [5, 5.41) is 8.74. The van der Waals surface area contributed by atoms with Gasteiger partial charge in [-0.3, -0.25) is 4.79 Å². The molecular weight excluding hydrogens is 254 g/mol. The number of ketones is 1. The molecule has 0 spiro atoms. The minimum Gasteiger partial charge on any atom is -0.435 e. The Bertz CT molecular complexity index is 509. The van der Waals surface area contributed by atoms with Crippen molar-refractivity contribution in [3.8, 4) is 11.8 Å². The molecule has 1 aromatic rings. The molecule has 0 aliphatic carbocycles. The summed E-state index contributed by atoms with van der Waals surface area (Å²) in [6.45, 7) is -2.19. The third-order valence-electron chi connectivity index (χ3n) is 2.08. The number of alkyl halides is 4. The van der Waals surface area contributed by atoms with Crippen molar-refractivity contribution in [3.05, 3.63) is 28.8 Å². The molecule has 1 aromatic carbocycles. The van der Waals surface area contributed by atoms with E-state index in [0.29, 0.717) is 6.07 Å². The van der Waals surface area contributed by atoms with E-state index in [0.717, 1.165) is 13.0 Å². The molecule has 0 fully saturated rings. The Morgan fingerprint density at radius 2 is 1.94 bits per heavy atom. The smallest absolute Gasteiger partial charge is 0.387 e. The normalized spacial score (nSPS) is 10.6. The molecule has 3 nitrogen and oxygen atoms in total. The molecule has 1 rings (SSSR count). The van der Waals surface area contributed by atoms with E-state index in [1.165, 1.54) is 6.07 Å². The summed E-state index contributed by atoms with van der Waals surface area (Å²) in [6, 6.07) is 2.97. The topological polar surface area (TPSA) is 50.1 Å². The molecule has 0 saturated heterocycles. The van der Waals surface area contributed by atoms with Gasteiger partial charge in [0, 0.05) is 11.1 Å². The largest absolute Gasteiger partial charge is 0.435 e. The van der Waals surface area contributed by atoms with Crippen LogP contribution < -0.4 is 4.74 Å². The number of rotatable bonds is 4. The van der Waals surface area contributed by atoms with Gasteiger partial charge in [0.25, 0.3) is 6.43 Å². The highest BCUT2D eigenvalue weighted by Crippen LogP contribution is 2.31. The summed E-state index contributed by atoms with van der Waals surface area (Å²) in [7, 11) is 0. The van der Waals surface area contributed by atoms with Gasteiger partial charge in [0.1, 0.15) is 11.8 Å². The van der Waals surface area contributed by atoms with E-state index < -0.39 is 41.3 Å². The van der Waals surface area contributed by atoms with E-state index in [2.05, 4.69) is 4.74 Å². The zero-order valence-corrected chi connectivity index (χ0v) is 9.08. The van der Waals surface area contributed by atoms with Crippen LogP contribution in [-0.2, 0) is 0 Å². The fourth-order valence-corrected chi connectivity index (χ4v) is 1.46. The first-order valence-electron chi connectivity index (χ1n) is 4.68. The van der Waals surface area contributed by atoms with Gasteiger partial charge in [-0.15, -0.1) is 0 Å². The molecule has 0 aromatic heterocycles. The highest BCUT2D eigenvalue weighted by Gasteiger charge is 2.22. The molecule has 96 valence electrons. The van der Waals surface area contributed by atoms with Gasteiger partial charge in [0.05, 0.1) is 5.56 Å². The summed E-state index contributed by atoms with van der Waals surface area (Å²) in [5.74, 6) is -1.33. The second-order valence-electron chi connectivity index (χ2n) is 3.28. The predicted octanol–water partition coefficient (Wildman–Crippen LogP) is 3.30. The Morgan fingerprint density at radius 3 is 2.33 bits per heavy atom. The van der Waals surface area contributed by atoms with Gasteiger partial charge in [-0.25, -0.2) is 8.78 Å². The number of benzene rings is 1. The molecule has 0 heterocycles. The lowest BCUT2D eigenvalue weighted by Gasteiger charge is -2.11. The maximum atomic E-state index is 12.7. The highest BCUT2D eigenvalue weighted by atomic mass is 19.3. The van der Waals surface area contributed by atoms with Crippen molar-refractivity contribution in [1.82, 2.24) is 0 Å². The minimum atomic E-state index is -3.20. The van der Waals surface area contributed by atoms with Crippen LogP contribution in [0.15, 0.2) is 12.1 Å². The van der Waals surface area contributed by atoms with Crippen molar-refractivity contribution in [3.63, 3.8) is 0 Å². The van der Waals surface area contributed by atoms with Gasteiger partial charge in [-0.1, -0.05) is 0 Å². The number of nitrogens with zero attached hydrogens (tertiary/aromatic N) is 1. The maximum Gasteiger partial charge on any atom is 0.387 e. The number of Topliss-reactive ketones (excluding diaryl/α,β-unsaturated/α-hetero) is 1. The van der Waals surface area contributed by atoms with E-state index in [1.54, 1.807) is 0 Å². The molecule has 7 heteroatoms. The molecule has 0 saturated carbocycles. The van der Waals surface area contributed by atoms with Crippen LogP contribution in [-0.4, -0.2) is 12.4 Å².